The SMILES string of the molecule is Cc1ccccc1OCC1CCC(c2ccccc2)N(C2=CC(C)N=C2)C1. The topological polar surface area (TPSA) is 24.8 Å². The van der Waals surface area contributed by atoms with E-state index >= 15 is 0 Å². The van der Waals surface area contributed by atoms with Crippen LogP contribution >= 0.6 is 0 Å². The van der Waals surface area contributed by atoms with E-state index in [1.54, 1.807) is 0 Å². The largest absolute Gasteiger partial charge is 0.493 e. The Balaban J connectivity index is 1.49. The summed E-state index contributed by atoms with van der Waals surface area (Å²) in [5.41, 5.74) is 3.85. The lowest BCUT2D eigenvalue weighted by Crippen LogP contribution is -2.39. The van der Waals surface area contributed by atoms with Gasteiger partial charge < -0.3 is 9.64 Å². The summed E-state index contributed by atoms with van der Waals surface area (Å²) in [6, 6.07) is 19.8. The van der Waals surface area contributed by atoms with Crippen molar-refractivity contribution >= 4 is 6.21 Å². The Labute approximate surface area is 162 Å². The maximum atomic E-state index is 6.17. The van der Waals surface area contributed by atoms with Gasteiger partial charge >= 0.3 is 0 Å². The summed E-state index contributed by atoms with van der Waals surface area (Å²) in [5.74, 6) is 1.53. The number of para-hydroxylation sites is 1. The number of benzene rings is 2. The Morgan fingerprint density at radius 2 is 1.81 bits per heavy atom. The van der Waals surface area contributed by atoms with Crippen molar-refractivity contribution in [2.45, 2.75) is 38.8 Å². The van der Waals surface area contributed by atoms with Crippen molar-refractivity contribution in [1.29, 1.82) is 0 Å². The van der Waals surface area contributed by atoms with Crippen LogP contribution in [0.25, 0.3) is 0 Å². The summed E-state index contributed by atoms with van der Waals surface area (Å²) in [6.07, 6.45) is 6.65. The first-order valence-electron chi connectivity index (χ1n) is 9.95. The number of likely N-dealkylation sites (tertiary alicyclic amines) is 1. The number of hydrogen-bond acceptors (Lipinski definition) is 3. The van der Waals surface area contributed by atoms with Crippen LogP contribution in [0.15, 0.2) is 71.4 Å². The second kappa shape index (κ2) is 7.99. The van der Waals surface area contributed by atoms with Gasteiger partial charge in [0.05, 0.1) is 24.4 Å². The van der Waals surface area contributed by atoms with Gasteiger partial charge in [-0.2, -0.15) is 0 Å². The minimum Gasteiger partial charge on any atom is -0.493 e. The molecule has 0 amide bonds. The van der Waals surface area contributed by atoms with Gasteiger partial charge in [0.1, 0.15) is 5.75 Å². The van der Waals surface area contributed by atoms with Gasteiger partial charge in [0.15, 0.2) is 0 Å². The van der Waals surface area contributed by atoms with Crippen molar-refractivity contribution in [1.82, 2.24) is 4.90 Å². The van der Waals surface area contributed by atoms with Gasteiger partial charge in [-0.3, -0.25) is 4.99 Å². The fourth-order valence-electron chi connectivity index (χ4n) is 4.11. The van der Waals surface area contributed by atoms with Gasteiger partial charge in [0, 0.05) is 18.7 Å². The highest BCUT2D eigenvalue weighted by atomic mass is 16.5. The molecule has 2 aliphatic rings. The Morgan fingerprint density at radius 1 is 1.04 bits per heavy atom. The molecule has 2 heterocycles. The number of aliphatic imine (C=N–C) groups is 1. The number of aryl methyl sites for hydroxylation is 1. The van der Waals surface area contributed by atoms with Crippen LogP contribution in [0.1, 0.15) is 36.9 Å². The molecule has 3 unspecified atom stereocenters. The molecule has 2 aromatic rings. The lowest BCUT2D eigenvalue weighted by molar-refractivity contribution is 0.115. The third kappa shape index (κ3) is 4.08. The molecule has 0 spiro atoms. The van der Waals surface area contributed by atoms with Crippen LogP contribution in [0.4, 0.5) is 0 Å². The Hall–Kier alpha value is -2.55. The Bertz CT molecular complexity index is 827. The molecule has 0 aliphatic carbocycles. The van der Waals surface area contributed by atoms with Crippen LogP contribution in [-0.2, 0) is 0 Å². The third-order valence-corrected chi connectivity index (χ3v) is 5.62. The van der Waals surface area contributed by atoms with Crippen LogP contribution in [-0.4, -0.2) is 30.3 Å². The van der Waals surface area contributed by atoms with E-state index < -0.39 is 0 Å². The smallest absolute Gasteiger partial charge is 0.122 e. The van der Waals surface area contributed by atoms with Gasteiger partial charge in [0.25, 0.3) is 0 Å². The van der Waals surface area contributed by atoms with Crippen molar-refractivity contribution in [2.24, 2.45) is 10.9 Å². The minimum absolute atomic E-state index is 0.278. The van der Waals surface area contributed by atoms with Crippen molar-refractivity contribution in [3.8, 4) is 5.75 Å². The normalized spacial score (nSPS) is 24.7. The number of allylic oxidation sites excluding steroid dienone is 1. The lowest BCUT2D eigenvalue weighted by Gasteiger charge is -2.41. The van der Waals surface area contributed by atoms with Gasteiger partial charge in [-0.1, -0.05) is 48.5 Å². The molecule has 27 heavy (non-hydrogen) atoms. The zero-order valence-corrected chi connectivity index (χ0v) is 16.2. The van der Waals surface area contributed by atoms with E-state index in [1.807, 2.05) is 12.3 Å². The number of piperidine rings is 1. The van der Waals surface area contributed by atoms with Gasteiger partial charge in [-0.05, 0) is 50.0 Å². The van der Waals surface area contributed by atoms with Crippen LogP contribution < -0.4 is 4.74 Å². The summed E-state index contributed by atoms with van der Waals surface area (Å²) in [4.78, 5) is 7.10. The van der Waals surface area contributed by atoms with Gasteiger partial charge in [0.2, 0.25) is 0 Å². The molecule has 2 aliphatic heterocycles. The van der Waals surface area contributed by atoms with Crippen LogP contribution in [0.3, 0.4) is 0 Å². The molecule has 3 heteroatoms. The highest BCUT2D eigenvalue weighted by molar-refractivity contribution is 5.80. The molecule has 0 radical (unpaired) electrons. The predicted octanol–water partition coefficient (Wildman–Crippen LogP) is 5.18. The second-order valence-corrected chi connectivity index (χ2v) is 7.71. The maximum absolute atomic E-state index is 6.17. The minimum atomic E-state index is 0.278. The fourth-order valence-corrected chi connectivity index (χ4v) is 4.11. The fraction of sp³-hybridized carbons (Fsp3) is 0.375. The molecular weight excluding hydrogens is 332 g/mol. The van der Waals surface area contributed by atoms with E-state index in [9.17, 15) is 0 Å². The summed E-state index contributed by atoms with van der Waals surface area (Å²) >= 11 is 0. The molecule has 1 saturated heterocycles. The first-order chi connectivity index (χ1) is 13.2. The van der Waals surface area contributed by atoms with Crippen molar-refractivity contribution in [3.63, 3.8) is 0 Å². The number of hydrogen-bond donors (Lipinski definition) is 0. The average Bonchev–Trinajstić information content (AvgIpc) is 3.14. The molecule has 3 nitrogen and oxygen atoms in total. The zero-order valence-electron chi connectivity index (χ0n) is 16.2. The van der Waals surface area contributed by atoms with E-state index in [0.717, 1.165) is 25.3 Å². The Kier molecular flexibility index (Phi) is 5.28. The Morgan fingerprint density at radius 3 is 2.56 bits per heavy atom. The molecule has 140 valence electrons. The summed E-state index contributed by atoms with van der Waals surface area (Å²) in [7, 11) is 0. The third-order valence-electron chi connectivity index (χ3n) is 5.62. The van der Waals surface area contributed by atoms with Crippen LogP contribution in [0.2, 0.25) is 0 Å². The molecule has 3 atom stereocenters. The van der Waals surface area contributed by atoms with Gasteiger partial charge in [-0.25, -0.2) is 0 Å². The molecule has 0 N–H and O–H groups in total. The zero-order chi connectivity index (χ0) is 18.6. The lowest BCUT2D eigenvalue weighted by atomic mass is 9.88. The molecule has 0 aromatic heterocycles. The summed E-state index contributed by atoms with van der Waals surface area (Å²) in [5, 5.41) is 0. The van der Waals surface area contributed by atoms with Crippen LogP contribution in [0, 0.1) is 12.8 Å². The van der Waals surface area contributed by atoms with E-state index in [-0.39, 0.29) is 6.04 Å². The number of nitrogens with zero attached hydrogens (tertiary/aromatic N) is 2. The molecular formula is C24H28N2O. The second-order valence-electron chi connectivity index (χ2n) is 7.71. The van der Waals surface area contributed by atoms with Crippen LogP contribution in [0.5, 0.6) is 5.75 Å². The van der Waals surface area contributed by atoms with Crippen molar-refractivity contribution < 1.29 is 4.74 Å². The monoisotopic (exact) mass is 360 g/mol. The van der Waals surface area contributed by atoms with Gasteiger partial charge in [-0.15, -0.1) is 0 Å². The quantitative estimate of drug-likeness (QED) is 0.733. The maximum Gasteiger partial charge on any atom is 0.122 e. The molecule has 0 bridgehead atoms. The van der Waals surface area contributed by atoms with Crippen molar-refractivity contribution in [3.05, 3.63) is 77.5 Å². The number of ether oxygens (including phenoxy) is 1. The first-order valence-corrected chi connectivity index (χ1v) is 9.95. The molecule has 4 rings (SSSR count). The van der Waals surface area contributed by atoms with E-state index in [4.69, 9.17) is 4.74 Å². The molecule has 1 fully saturated rings. The first kappa shape index (κ1) is 17.8. The average molecular weight is 361 g/mol. The predicted molar refractivity (Wildman–Crippen MR) is 111 cm³/mol. The van der Waals surface area contributed by atoms with E-state index in [1.165, 1.54) is 23.2 Å². The standard InChI is InChI=1S/C24H28N2O/c1-18-8-6-7-11-24(18)27-17-20-12-13-23(21-9-4-3-5-10-21)26(16-20)22-14-19(2)25-15-22/h3-11,14-15,19-20,23H,12-13,16-17H2,1-2H3. The highest BCUT2D eigenvalue weighted by Gasteiger charge is 2.31. The van der Waals surface area contributed by atoms with Crippen molar-refractivity contribution in [2.75, 3.05) is 13.2 Å². The summed E-state index contributed by atoms with van der Waals surface area (Å²) in [6.45, 7) is 6.03. The molecule has 0 saturated carbocycles. The number of rotatable bonds is 5. The van der Waals surface area contributed by atoms with E-state index in [2.05, 4.69) is 78.3 Å². The summed E-state index contributed by atoms with van der Waals surface area (Å²) < 4.78 is 6.17. The highest BCUT2D eigenvalue weighted by Crippen LogP contribution is 2.37. The van der Waals surface area contributed by atoms with E-state index in [0.29, 0.717) is 12.0 Å². The molecule has 2 aromatic carbocycles.